The van der Waals surface area contributed by atoms with Crippen LogP contribution >= 0.6 is 15.6 Å². The third-order valence-corrected chi connectivity index (χ3v) is 21.0. The molecule has 588 valence electrons. The summed E-state index contributed by atoms with van der Waals surface area (Å²) in [6.45, 7) is 7.34. The Kier molecular flexibility index (Phi) is 71.6. The normalized spacial score (nSPS) is 14.1. The number of ether oxygens (including phenoxy) is 4. The molecular weight excluding hydrogens is 1290 g/mol. The Morgan fingerprint density at radius 3 is 0.717 bits per heavy atom. The van der Waals surface area contributed by atoms with E-state index < -0.39 is 97.5 Å². The van der Waals surface area contributed by atoms with Crippen LogP contribution in [0.2, 0.25) is 0 Å². The highest BCUT2D eigenvalue weighted by atomic mass is 31.2. The zero-order chi connectivity index (χ0) is 72.7. The van der Waals surface area contributed by atoms with E-state index >= 15 is 0 Å². The SMILES string of the molecule is CCCCCCCCCCCCCCCCCCCCCC(=O)OC[C@H](COP(=O)(O)OC[C@@H](O)COP(=O)(O)OC[C@@H](COC(=O)CCCCCCCCC)OC(=O)CCCCCCCCCCCCC)OC(=O)CCCCCCCCCCCCCCCCCCCCC(C)CC. The van der Waals surface area contributed by atoms with Gasteiger partial charge in [-0.2, -0.15) is 0 Å². The number of rotatable bonds is 80. The van der Waals surface area contributed by atoms with Crippen molar-refractivity contribution in [2.75, 3.05) is 39.6 Å². The number of aliphatic hydroxyl groups is 1. The summed E-state index contributed by atoms with van der Waals surface area (Å²) in [5.74, 6) is -1.24. The molecule has 0 aromatic carbocycles. The Morgan fingerprint density at radius 2 is 0.485 bits per heavy atom. The topological polar surface area (TPSA) is 237 Å². The minimum atomic E-state index is -4.96. The number of carbonyl (C=O) groups excluding carboxylic acids is 4. The van der Waals surface area contributed by atoms with Crippen LogP contribution in [-0.4, -0.2) is 96.7 Å². The van der Waals surface area contributed by atoms with Gasteiger partial charge in [-0.25, -0.2) is 9.13 Å². The van der Waals surface area contributed by atoms with Gasteiger partial charge in [0.1, 0.15) is 19.3 Å². The lowest BCUT2D eigenvalue weighted by atomic mass is 9.99. The molecule has 0 amide bonds. The fourth-order valence-corrected chi connectivity index (χ4v) is 14.0. The van der Waals surface area contributed by atoms with E-state index in [9.17, 15) is 43.2 Å². The first-order valence-corrected chi connectivity index (χ1v) is 44.7. The molecule has 0 radical (unpaired) electrons. The third-order valence-electron chi connectivity index (χ3n) is 19.1. The molecule has 17 nitrogen and oxygen atoms in total. The lowest BCUT2D eigenvalue weighted by Gasteiger charge is -2.21. The molecule has 6 atom stereocenters. The molecule has 99 heavy (non-hydrogen) atoms. The van der Waals surface area contributed by atoms with Gasteiger partial charge in [-0.3, -0.25) is 37.3 Å². The molecule has 0 aliphatic rings. The maximum absolute atomic E-state index is 13.1. The molecular formula is C80H156O17P2. The predicted octanol–water partition coefficient (Wildman–Crippen LogP) is 24.0. The standard InChI is InChI=1S/C80H156O17P2/c1-6-10-13-16-19-21-23-24-25-26-27-31-34-37-41-44-49-54-59-64-78(83)91-70-76(97-80(85)66-61-56-51-46-42-38-35-32-29-28-30-33-36-40-43-48-52-57-62-73(5)9-4)72-95-99(88,89)93-68-74(81)67-92-98(86,87)94-71-75(69-90-77(82)63-58-53-47-18-15-12-8-3)96-79(84)65-60-55-50-45-39-22-20-17-14-11-7-2/h73-76,81H,6-72H2,1-5H3,(H,86,87)(H,88,89)/t73?,74-,75+,76+/m0/s1. The van der Waals surface area contributed by atoms with Gasteiger partial charge in [-0.15, -0.1) is 0 Å². The number of carbonyl (C=O) groups is 4. The molecule has 0 heterocycles. The second-order valence-corrected chi connectivity index (χ2v) is 32.0. The van der Waals surface area contributed by atoms with Crippen LogP contribution < -0.4 is 0 Å². The van der Waals surface area contributed by atoms with Crippen LogP contribution in [0.25, 0.3) is 0 Å². The quantitative estimate of drug-likeness (QED) is 0.0222. The Morgan fingerprint density at radius 1 is 0.283 bits per heavy atom. The average Bonchev–Trinajstić information content (AvgIpc) is 1.01. The van der Waals surface area contributed by atoms with Crippen LogP contribution in [0.15, 0.2) is 0 Å². The molecule has 3 unspecified atom stereocenters. The predicted molar refractivity (Wildman–Crippen MR) is 405 cm³/mol. The molecule has 0 aliphatic heterocycles. The zero-order valence-electron chi connectivity index (χ0n) is 64.6. The molecule has 3 N–H and O–H groups in total. The Hall–Kier alpha value is -1.94. The van der Waals surface area contributed by atoms with Crippen LogP contribution in [-0.2, 0) is 65.4 Å². The molecule has 0 bridgehead atoms. The Labute approximate surface area is 607 Å². The average molecular weight is 1450 g/mol. The van der Waals surface area contributed by atoms with E-state index in [0.29, 0.717) is 25.7 Å². The van der Waals surface area contributed by atoms with Gasteiger partial charge in [0.05, 0.1) is 26.4 Å². The lowest BCUT2D eigenvalue weighted by Crippen LogP contribution is -2.30. The summed E-state index contributed by atoms with van der Waals surface area (Å²) in [4.78, 5) is 72.8. The van der Waals surface area contributed by atoms with E-state index in [1.165, 1.54) is 238 Å². The Bertz CT molecular complexity index is 1890. The van der Waals surface area contributed by atoms with E-state index in [1.54, 1.807) is 0 Å². The van der Waals surface area contributed by atoms with Crippen molar-refractivity contribution < 1.29 is 80.2 Å². The van der Waals surface area contributed by atoms with Gasteiger partial charge in [-0.1, -0.05) is 375 Å². The highest BCUT2D eigenvalue weighted by Gasteiger charge is 2.30. The molecule has 0 saturated heterocycles. The van der Waals surface area contributed by atoms with E-state index in [1.807, 2.05) is 0 Å². The summed E-state index contributed by atoms with van der Waals surface area (Å²) in [5, 5.41) is 10.6. The van der Waals surface area contributed by atoms with Gasteiger partial charge in [-0.05, 0) is 31.6 Å². The first-order valence-electron chi connectivity index (χ1n) is 41.7. The number of phosphoric acid groups is 2. The number of aliphatic hydroxyl groups excluding tert-OH is 1. The van der Waals surface area contributed by atoms with Crippen molar-refractivity contribution in [3.63, 3.8) is 0 Å². The summed E-state index contributed by atoms with van der Waals surface area (Å²) in [6, 6.07) is 0. The molecule has 0 saturated carbocycles. The van der Waals surface area contributed by atoms with E-state index in [-0.39, 0.29) is 25.7 Å². The highest BCUT2D eigenvalue weighted by Crippen LogP contribution is 2.45. The third kappa shape index (κ3) is 72.8. The summed E-state index contributed by atoms with van der Waals surface area (Å²) < 4.78 is 68.5. The molecule has 0 aromatic heterocycles. The van der Waals surface area contributed by atoms with E-state index in [0.717, 1.165) is 109 Å². The monoisotopic (exact) mass is 1450 g/mol. The van der Waals surface area contributed by atoms with Gasteiger partial charge in [0, 0.05) is 25.7 Å². The van der Waals surface area contributed by atoms with Crippen LogP contribution in [0, 0.1) is 5.92 Å². The number of unbranched alkanes of at least 4 members (excludes halogenated alkanes) is 51. The minimum Gasteiger partial charge on any atom is -0.462 e. The van der Waals surface area contributed by atoms with Crippen molar-refractivity contribution >= 4 is 39.5 Å². The van der Waals surface area contributed by atoms with Crippen LogP contribution in [0.5, 0.6) is 0 Å². The fraction of sp³-hybridized carbons (Fsp3) is 0.950. The highest BCUT2D eigenvalue weighted by molar-refractivity contribution is 7.47. The molecule has 0 fully saturated rings. The van der Waals surface area contributed by atoms with Crippen LogP contribution in [0.4, 0.5) is 0 Å². The van der Waals surface area contributed by atoms with Crippen molar-refractivity contribution in [3.8, 4) is 0 Å². The first kappa shape index (κ1) is 97.1. The summed E-state index contributed by atoms with van der Waals surface area (Å²) >= 11 is 0. The minimum absolute atomic E-state index is 0.107. The van der Waals surface area contributed by atoms with Gasteiger partial charge < -0.3 is 33.8 Å². The van der Waals surface area contributed by atoms with E-state index in [4.69, 9.17) is 37.0 Å². The number of phosphoric ester groups is 2. The van der Waals surface area contributed by atoms with Crippen molar-refractivity contribution in [3.05, 3.63) is 0 Å². The molecule has 0 rings (SSSR count). The van der Waals surface area contributed by atoms with Gasteiger partial charge in [0.25, 0.3) is 0 Å². The van der Waals surface area contributed by atoms with Gasteiger partial charge in [0.15, 0.2) is 12.2 Å². The molecule has 0 aromatic rings. The smallest absolute Gasteiger partial charge is 0.462 e. The van der Waals surface area contributed by atoms with Crippen molar-refractivity contribution in [1.29, 1.82) is 0 Å². The number of hydrogen-bond donors (Lipinski definition) is 3. The summed E-state index contributed by atoms with van der Waals surface area (Å²) in [6.07, 6.45) is 64.1. The number of hydrogen-bond acceptors (Lipinski definition) is 15. The van der Waals surface area contributed by atoms with Gasteiger partial charge >= 0.3 is 39.5 Å². The summed E-state index contributed by atoms with van der Waals surface area (Å²) in [5.41, 5.74) is 0. The maximum Gasteiger partial charge on any atom is 0.472 e. The second kappa shape index (κ2) is 73.0. The van der Waals surface area contributed by atoms with E-state index in [2.05, 4.69) is 34.6 Å². The van der Waals surface area contributed by atoms with Crippen molar-refractivity contribution in [2.24, 2.45) is 5.92 Å². The van der Waals surface area contributed by atoms with Crippen molar-refractivity contribution in [2.45, 2.75) is 445 Å². The molecule has 0 spiro atoms. The summed E-state index contributed by atoms with van der Waals surface area (Å²) in [7, 11) is -9.91. The Balaban J connectivity index is 5.14. The second-order valence-electron chi connectivity index (χ2n) is 29.1. The first-order chi connectivity index (χ1) is 48.1. The van der Waals surface area contributed by atoms with Crippen LogP contribution in [0.1, 0.15) is 426 Å². The fourth-order valence-electron chi connectivity index (χ4n) is 12.4. The lowest BCUT2D eigenvalue weighted by molar-refractivity contribution is -0.161. The molecule has 0 aliphatic carbocycles. The largest absolute Gasteiger partial charge is 0.472 e. The zero-order valence-corrected chi connectivity index (χ0v) is 66.4. The van der Waals surface area contributed by atoms with Gasteiger partial charge in [0.2, 0.25) is 0 Å². The number of esters is 4. The van der Waals surface area contributed by atoms with Crippen molar-refractivity contribution in [1.82, 2.24) is 0 Å². The maximum atomic E-state index is 13.1. The van der Waals surface area contributed by atoms with Crippen LogP contribution in [0.3, 0.4) is 0 Å². The molecule has 19 heteroatoms.